The molecule has 0 spiro atoms. The van der Waals surface area contributed by atoms with Gasteiger partial charge in [-0.25, -0.2) is 0 Å². The first-order valence-corrected chi connectivity index (χ1v) is 8.05. The summed E-state index contributed by atoms with van der Waals surface area (Å²) in [5.41, 5.74) is 1.80. The lowest BCUT2D eigenvalue weighted by molar-refractivity contribution is 0.0603. The first-order chi connectivity index (χ1) is 10.1. The molecular formula is C16H20BrN3O. The zero-order valence-corrected chi connectivity index (χ0v) is 14.1. The third-order valence-electron chi connectivity index (χ3n) is 3.93. The van der Waals surface area contributed by atoms with E-state index < -0.39 is 0 Å². The van der Waals surface area contributed by atoms with Crippen LogP contribution >= 0.6 is 15.9 Å². The van der Waals surface area contributed by atoms with Crippen molar-refractivity contribution in [3.63, 3.8) is 0 Å². The van der Waals surface area contributed by atoms with Crippen LogP contribution in [0.5, 0.6) is 0 Å². The van der Waals surface area contributed by atoms with Gasteiger partial charge in [-0.1, -0.05) is 18.6 Å². The molecule has 0 aliphatic carbocycles. The number of hydrogen-bond acceptors (Lipinski definition) is 3. The van der Waals surface area contributed by atoms with Crippen LogP contribution < -0.4 is 0 Å². The molecule has 0 bridgehead atoms. The largest absolute Gasteiger partial charge is 0.336 e. The number of halogens is 1. The van der Waals surface area contributed by atoms with Crippen molar-refractivity contribution < 1.29 is 4.79 Å². The molecule has 0 N–H and O–H groups in total. The zero-order chi connectivity index (χ0) is 15.4. The van der Waals surface area contributed by atoms with Crippen LogP contribution in [0.15, 0.2) is 22.7 Å². The monoisotopic (exact) mass is 349 g/mol. The highest BCUT2D eigenvalue weighted by Crippen LogP contribution is 2.21. The first kappa shape index (κ1) is 16.0. The SMILES string of the molecule is CCC(C#N)N1CCN(C(=O)c2cc(C)ccc2Br)CC1. The molecule has 0 aromatic heterocycles. The molecule has 1 aromatic carbocycles. The van der Waals surface area contributed by atoms with Crippen LogP contribution in [0.3, 0.4) is 0 Å². The van der Waals surface area contributed by atoms with Crippen LogP contribution in [0.1, 0.15) is 29.3 Å². The van der Waals surface area contributed by atoms with Crippen LogP contribution in [0.2, 0.25) is 0 Å². The molecule has 1 heterocycles. The maximum atomic E-state index is 12.6. The van der Waals surface area contributed by atoms with E-state index in [9.17, 15) is 4.79 Å². The first-order valence-electron chi connectivity index (χ1n) is 7.26. The van der Waals surface area contributed by atoms with Gasteiger partial charge in [-0.15, -0.1) is 0 Å². The number of amides is 1. The number of aryl methyl sites for hydroxylation is 1. The van der Waals surface area contributed by atoms with Crippen LogP contribution in [0, 0.1) is 18.3 Å². The van der Waals surface area contributed by atoms with Crippen molar-refractivity contribution in [2.24, 2.45) is 0 Å². The van der Waals surface area contributed by atoms with Gasteiger partial charge in [0.05, 0.1) is 17.7 Å². The summed E-state index contributed by atoms with van der Waals surface area (Å²) in [7, 11) is 0. The number of carbonyl (C=O) groups is 1. The molecule has 1 unspecified atom stereocenters. The summed E-state index contributed by atoms with van der Waals surface area (Å²) in [6.07, 6.45) is 0.827. The number of benzene rings is 1. The maximum Gasteiger partial charge on any atom is 0.255 e. The molecule has 4 nitrogen and oxygen atoms in total. The van der Waals surface area contributed by atoms with Crippen molar-refractivity contribution in [1.82, 2.24) is 9.80 Å². The van der Waals surface area contributed by atoms with Crippen LogP contribution in [-0.4, -0.2) is 47.9 Å². The minimum Gasteiger partial charge on any atom is -0.336 e. The van der Waals surface area contributed by atoms with Crippen LogP contribution in [-0.2, 0) is 0 Å². The number of nitriles is 1. The summed E-state index contributed by atoms with van der Waals surface area (Å²) in [4.78, 5) is 16.6. The molecule has 2 rings (SSSR count). The van der Waals surface area contributed by atoms with Gasteiger partial charge in [0.15, 0.2) is 0 Å². The molecule has 1 atom stereocenters. The fraction of sp³-hybridized carbons (Fsp3) is 0.500. The van der Waals surface area contributed by atoms with Crippen molar-refractivity contribution in [2.45, 2.75) is 26.3 Å². The summed E-state index contributed by atoms with van der Waals surface area (Å²) in [6, 6.07) is 8.12. The highest BCUT2D eigenvalue weighted by molar-refractivity contribution is 9.10. The number of nitrogens with zero attached hydrogens (tertiary/aromatic N) is 3. The normalized spacial score (nSPS) is 17.3. The van der Waals surface area contributed by atoms with Crippen molar-refractivity contribution >= 4 is 21.8 Å². The Morgan fingerprint density at radius 3 is 2.62 bits per heavy atom. The van der Waals surface area contributed by atoms with E-state index >= 15 is 0 Å². The molecule has 1 amide bonds. The summed E-state index contributed by atoms with van der Waals surface area (Å²) < 4.78 is 0.837. The Balaban J connectivity index is 2.04. The molecule has 1 aromatic rings. The maximum absolute atomic E-state index is 12.6. The van der Waals surface area contributed by atoms with Crippen molar-refractivity contribution in [3.05, 3.63) is 33.8 Å². The third-order valence-corrected chi connectivity index (χ3v) is 4.62. The van der Waals surface area contributed by atoms with Gasteiger partial charge >= 0.3 is 0 Å². The van der Waals surface area contributed by atoms with E-state index in [4.69, 9.17) is 5.26 Å². The quantitative estimate of drug-likeness (QED) is 0.842. The van der Waals surface area contributed by atoms with Crippen molar-refractivity contribution in [3.8, 4) is 6.07 Å². The molecule has 1 aliphatic rings. The second-order valence-corrected chi connectivity index (χ2v) is 6.22. The smallest absolute Gasteiger partial charge is 0.255 e. The number of rotatable bonds is 3. The van der Waals surface area contributed by atoms with Gasteiger partial charge in [0.25, 0.3) is 5.91 Å². The predicted molar refractivity (Wildman–Crippen MR) is 86.0 cm³/mol. The van der Waals surface area contributed by atoms with Gasteiger partial charge in [-0.2, -0.15) is 5.26 Å². The lowest BCUT2D eigenvalue weighted by Gasteiger charge is -2.36. The third kappa shape index (κ3) is 3.63. The molecule has 21 heavy (non-hydrogen) atoms. The van der Waals surface area contributed by atoms with Gasteiger partial charge in [0.1, 0.15) is 0 Å². The Bertz CT molecular complexity index is 559. The van der Waals surface area contributed by atoms with Crippen LogP contribution in [0.25, 0.3) is 0 Å². The predicted octanol–water partition coefficient (Wildman–Crippen LogP) is 2.82. The topological polar surface area (TPSA) is 47.3 Å². The average molecular weight is 350 g/mol. The lowest BCUT2D eigenvalue weighted by Crippen LogP contribution is -2.51. The van der Waals surface area contributed by atoms with E-state index in [1.54, 1.807) is 0 Å². The molecule has 1 saturated heterocycles. The summed E-state index contributed by atoms with van der Waals surface area (Å²) in [5.74, 6) is 0.0650. The zero-order valence-electron chi connectivity index (χ0n) is 12.5. The number of hydrogen-bond donors (Lipinski definition) is 0. The fourth-order valence-corrected chi connectivity index (χ4v) is 3.06. The molecule has 112 valence electrons. The minimum atomic E-state index is -0.0343. The van der Waals surface area contributed by atoms with E-state index in [0.29, 0.717) is 13.1 Å². The molecule has 0 saturated carbocycles. The van der Waals surface area contributed by atoms with Crippen LogP contribution in [0.4, 0.5) is 0 Å². The average Bonchev–Trinajstić information content (AvgIpc) is 2.51. The number of carbonyl (C=O) groups excluding carboxylic acids is 1. The standard InChI is InChI=1S/C16H20BrN3O/c1-3-13(11-18)19-6-8-20(9-7-19)16(21)14-10-12(2)4-5-15(14)17/h4-5,10,13H,3,6-9H2,1-2H3. The Labute approximate surface area is 134 Å². The Kier molecular flexibility index (Phi) is 5.38. The van der Waals surface area contributed by atoms with Gasteiger partial charge in [-0.05, 0) is 41.4 Å². The number of piperazine rings is 1. The highest BCUT2D eigenvalue weighted by Gasteiger charge is 2.26. The summed E-state index contributed by atoms with van der Waals surface area (Å²) in [5, 5.41) is 9.12. The van der Waals surface area contributed by atoms with Crippen molar-refractivity contribution in [2.75, 3.05) is 26.2 Å². The summed E-state index contributed by atoms with van der Waals surface area (Å²) in [6.45, 7) is 6.90. The molecular weight excluding hydrogens is 330 g/mol. The van der Waals surface area contributed by atoms with E-state index in [-0.39, 0.29) is 11.9 Å². The second-order valence-electron chi connectivity index (χ2n) is 5.36. The minimum absolute atomic E-state index is 0.0343. The van der Waals surface area contributed by atoms with Crippen molar-refractivity contribution in [1.29, 1.82) is 5.26 Å². The lowest BCUT2D eigenvalue weighted by atomic mass is 10.1. The van der Waals surface area contributed by atoms with Gasteiger partial charge in [0.2, 0.25) is 0 Å². The highest BCUT2D eigenvalue weighted by atomic mass is 79.9. The van der Waals surface area contributed by atoms with Gasteiger partial charge in [0, 0.05) is 30.7 Å². The molecule has 1 aliphatic heterocycles. The second kappa shape index (κ2) is 7.06. The van der Waals surface area contributed by atoms with Gasteiger partial charge in [-0.3, -0.25) is 9.69 Å². The van der Waals surface area contributed by atoms with E-state index in [1.165, 1.54) is 0 Å². The molecule has 0 radical (unpaired) electrons. The summed E-state index contributed by atoms with van der Waals surface area (Å²) >= 11 is 3.45. The molecule has 5 heteroatoms. The Morgan fingerprint density at radius 2 is 2.05 bits per heavy atom. The fourth-order valence-electron chi connectivity index (χ4n) is 2.64. The molecule has 1 fully saturated rings. The Morgan fingerprint density at radius 1 is 1.38 bits per heavy atom. The Hall–Kier alpha value is -1.38. The van der Waals surface area contributed by atoms with E-state index in [2.05, 4.69) is 26.9 Å². The van der Waals surface area contributed by atoms with E-state index in [0.717, 1.165) is 35.1 Å². The van der Waals surface area contributed by atoms with E-state index in [1.807, 2.05) is 36.9 Å². The van der Waals surface area contributed by atoms with Gasteiger partial charge < -0.3 is 4.90 Å².